The summed E-state index contributed by atoms with van der Waals surface area (Å²) in [6.07, 6.45) is 2.03. The highest BCUT2D eigenvalue weighted by Crippen LogP contribution is 2.33. The fourth-order valence-electron chi connectivity index (χ4n) is 4.03. The molecule has 0 aromatic rings. The molecule has 2 fully saturated rings. The Morgan fingerprint density at radius 2 is 1.84 bits per heavy atom. The van der Waals surface area contributed by atoms with Crippen LogP contribution >= 0.6 is 0 Å². The molecule has 0 bridgehead atoms. The molecule has 2 aliphatic rings. The first-order valence-electron chi connectivity index (χ1n) is 11.4. The number of amides is 2. The molecule has 0 aromatic carbocycles. The van der Waals surface area contributed by atoms with E-state index in [-0.39, 0.29) is 18.1 Å². The monoisotopic (exact) mass is 439 g/mol. The number of carbonyl (C=O) groups excluding carboxylic acids is 2. The van der Waals surface area contributed by atoms with Gasteiger partial charge in [-0.3, -0.25) is 14.7 Å². The van der Waals surface area contributed by atoms with Gasteiger partial charge < -0.3 is 25.0 Å². The van der Waals surface area contributed by atoms with Crippen molar-refractivity contribution >= 4 is 18.0 Å². The van der Waals surface area contributed by atoms with E-state index in [2.05, 4.69) is 15.6 Å². The first-order valence-corrected chi connectivity index (χ1v) is 11.4. The SMILES string of the molecule is CCNC(=NCC1C(C)OC(C)(C)N1C(=O)OC(C)(C)C)NCCC(=O)N1CCCC1. The number of likely N-dealkylation sites (tertiary alicyclic amines) is 1. The van der Waals surface area contributed by atoms with Crippen molar-refractivity contribution in [3.63, 3.8) is 0 Å². The van der Waals surface area contributed by atoms with E-state index >= 15 is 0 Å². The van der Waals surface area contributed by atoms with Crippen molar-refractivity contribution in [3.8, 4) is 0 Å². The minimum absolute atomic E-state index is 0.177. The van der Waals surface area contributed by atoms with Crippen LogP contribution in [-0.2, 0) is 14.3 Å². The Morgan fingerprint density at radius 3 is 2.42 bits per heavy atom. The number of rotatable bonds is 6. The molecule has 0 radical (unpaired) electrons. The minimum atomic E-state index is -0.782. The maximum absolute atomic E-state index is 12.9. The molecule has 0 saturated carbocycles. The molecule has 0 aromatic heterocycles. The van der Waals surface area contributed by atoms with Crippen LogP contribution in [0.25, 0.3) is 0 Å². The van der Waals surface area contributed by atoms with Gasteiger partial charge in [-0.15, -0.1) is 0 Å². The maximum atomic E-state index is 12.9. The third-order valence-electron chi connectivity index (χ3n) is 5.39. The van der Waals surface area contributed by atoms with Crippen LogP contribution in [0.4, 0.5) is 4.79 Å². The van der Waals surface area contributed by atoms with E-state index < -0.39 is 17.4 Å². The molecular formula is C22H41N5O4. The Hall–Kier alpha value is -2.03. The van der Waals surface area contributed by atoms with Crippen LogP contribution in [0, 0.1) is 0 Å². The highest BCUT2D eigenvalue weighted by atomic mass is 16.6. The standard InChI is InChI=1S/C22H41N5O4/c1-8-23-19(24-12-11-18(28)26-13-9-10-14-26)25-15-17-16(2)30-22(6,7)27(17)20(29)31-21(3,4)5/h16-17H,8-15H2,1-7H3,(H2,23,24,25). The van der Waals surface area contributed by atoms with Gasteiger partial charge in [0, 0.05) is 32.6 Å². The second-order valence-corrected chi connectivity index (χ2v) is 9.67. The van der Waals surface area contributed by atoms with Crippen LogP contribution < -0.4 is 10.6 Å². The van der Waals surface area contributed by atoms with Crippen LogP contribution in [0.2, 0.25) is 0 Å². The van der Waals surface area contributed by atoms with Crippen molar-refractivity contribution in [1.82, 2.24) is 20.4 Å². The number of aliphatic imine (C=N–C) groups is 1. The van der Waals surface area contributed by atoms with Gasteiger partial charge in [-0.2, -0.15) is 0 Å². The zero-order chi connectivity index (χ0) is 23.2. The second-order valence-electron chi connectivity index (χ2n) is 9.67. The van der Waals surface area contributed by atoms with E-state index in [1.807, 2.05) is 53.4 Å². The quantitative estimate of drug-likeness (QED) is 0.487. The molecule has 2 aliphatic heterocycles. The second kappa shape index (κ2) is 10.5. The van der Waals surface area contributed by atoms with Crippen LogP contribution in [0.3, 0.4) is 0 Å². The molecule has 178 valence electrons. The number of nitrogens with zero attached hydrogens (tertiary/aromatic N) is 3. The first-order chi connectivity index (χ1) is 14.4. The molecule has 9 heteroatoms. The van der Waals surface area contributed by atoms with Crippen molar-refractivity contribution in [1.29, 1.82) is 0 Å². The molecule has 2 N–H and O–H groups in total. The third-order valence-corrected chi connectivity index (χ3v) is 5.39. The summed E-state index contributed by atoms with van der Waals surface area (Å²) in [5.41, 5.74) is -1.37. The Balaban J connectivity index is 2.00. The summed E-state index contributed by atoms with van der Waals surface area (Å²) in [4.78, 5) is 33.4. The topological polar surface area (TPSA) is 95.5 Å². The van der Waals surface area contributed by atoms with Gasteiger partial charge in [0.05, 0.1) is 18.7 Å². The average molecular weight is 440 g/mol. The number of guanidine groups is 1. The minimum Gasteiger partial charge on any atom is -0.444 e. The van der Waals surface area contributed by atoms with Gasteiger partial charge in [-0.1, -0.05) is 0 Å². The summed E-state index contributed by atoms with van der Waals surface area (Å²) in [6, 6.07) is -0.258. The summed E-state index contributed by atoms with van der Waals surface area (Å²) in [6.45, 7) is 16.5. The Kier molecular flexibility index (Phi) is 8.57. The van der Waals surface area contributed by atoms with Crippen molar-refractivity contribution in [2.24, 2.45) is 4.99 Å². The largest absolute Gasteiger partial charge is 0.444 e. The Labute approximate surface area is 186 Å². The summed E-state index contributed by atoms with van der Waals surface area (Å²) in [7, 11) is 0. The van der Waals surface area contributed by atoms with Gasteiger partial charge in [0.1, 0.15) is 11.3 Å². The molecule has 2 atom stereocenters. The predicted molar refractivity (Wildman–Crippen MR) is 121 cm³/mol. The molecule has 2 heterocycles. The van der Waals surface area contributed by atoms with E-state index in [0.717, 1.165) is 25.9 Å². The molecular weight excluding hydrogens is 398 g/mol. The van der Waals surface area contributed by atoms with Gasteiger partial charge in [0.15, 0.2) is 5.96 Å². The van der Waals surface area contributed by atoms with Gasteiger partial charge >= 0.3 is 6.09 Å². The van der Waals surface area contributed by atoms with E-state index in [0.29, 0.717) is 32.0 Å². The molecule has 31 heavy (non-hydrogen) atoms. The number of carbonyl (C=O) groups is 2. The summed E-state index contributed by atoms with van der Waals surface area (Å²) in [5.74, 6) is 0.800. The van der Waals surface area contributed by atoms with E-state index in [1.165, 1.54) is 0 Å². The Bertz CT molecular complexity index is 653. The summed E-state index contributed by atoms with van der Waals surface area (Å²) in [5, 5.41) is 6.44. The smallest absolute Gasteiger partial charge is 0.412 e. The van der Waals surface area contributed by atoms with Gasteiger partial charge in [0.2, 0.25) is 5.91 Å². The van der Waals surface area contributed by atoms with Gasteiger partial charge in [-0.25, -0.2) is 4.79 Å². The van der Waals surface area contributed by atoms with E-state index in [1.54, 1.807) is 4.90 Å². The van der Waals surface area contributed by atoms with Gasteiger partial charge in [0.25, 0.3) is 0 Å². The van der Waals surface area contributed by atoms with E-state index in [4.69, 9.17) is 9.47 Å². The normalized spacial score (nSPS) is 23.8. The highest BCUT2D eigenvalue weighted by Gasteiger charge is 2.49. The molecule has 9 nitrogen and oxygen atoms in total. The molecule has 2 saturated heterocycles. The van der Waals surface area contributed by atoms with Crippen molar-refractivity contribution in [2.45, 2.75) is 91.2 Å². The lowest BCUT2D eigenvalue weighted by atomic mass is 10.1. The summed E-state index contributed by atoms with van der Waals surface area (Å²) < 4.78 is 11.7. The van der Waals surface area contributed by atoms with Crippen molar-refractivity contribution in [3.05, 3.63) is 0 Å². The van der Waals surface area contributed by atoms with Gasteiger partial charge in [-0.05, 0) is 61.3 Å². The molecule has 2 unspecified atom stereocenters. The molecule has 2 rings (SSSR count). The fourth-order valence-corrected chi connectivity index (χ4v) is 4.03. The predicted octanol–water partition coefficient (Wildman–Crippen LogP) is 2.31. The molecule has 2 amide bonds. The van der Waals surface area contributed by atoms with Crippen LogP contribution in [0.1, 0.15) is 67.7 Å². The number of ether oxygens (including phenoxy) is 2. The van der Waals surface area contributed by atoms with E-state index in [9.17, 15) is 9.59 Å². The Morgan fingerprint density at radius 1 is 1.19 bits per heavy atom. The van der Waals surface area contributed by atoms with Crippen molar-refractivity contribution < 1.29 is 19.1 Å². The summed E-state index contributed by atoms with van der Waals surface area (Å²) >= 11 is 0. The highest BCUT2D eigenvalue weighted by molar-refractivity contribution is 5.81. The van der Waals surface area contributed by atoms with Crippen LogP contribution in [-0.4, -0.2) is 84.0 Å². The zero-order valence-electron chi connectivity index (χ0n) is 20.3. The third kappa shape index (κ3) is 7.26. The first kappa shape index (κ1) is 25.2. The maximum Gasteiger partial charge on any atom is 0.412 e. The number of nitrogens with one attached hydrogen (secondary N) is 2. The fraction of sp³-hybridized carbons (Fsp3) is 0.864. The lowest BCUT2D eigenvalue weighted by Crippen LogP contribution is -2.51. The molecule has 0 spiro atoms. The lowest BCUT2D eigenvalue weighted by molar-refractivity contribution is -0.129. The lowest BCUT2D eigenvalue weighted by Gasteiger charge is -2.34. The number of hydrogen-bond acceptors (Lipinski definition) is 5. The average Bonchev–Trinajstić information content (AvgIpc) is 3.23. The zero-order valence-corrected chi connectivity index (χ0v) is 20.3. The van der Waals surface area contributed by atoms with Crippen LogP contribution in [0.5, 0.6) is 0 Å². The van der Waals surface area contributed by atoms with Crippen LogP contribution in [0.15, 0.2) is 4.99 Å². The van der Waals surface area contributed by atoms with Crippen molar-refractivity contribution in [2.75, 3.05) is 32.7 Å². The molecule has 0 aliphatic carbocycles. The number of hydrogen-bond donors (Lipinski definition) is 2.